The van der Waals surface area contributed by atoms with Crippen molar-refractivity contribution < 1.29 is 14.8 Å². The monoisotopic (exact) mass is 185 g/mol. The molecule has 70 valence electrons. The van der Waals surface area contributed by atoms with Gasteiger partial charge in [-0.25, -0.2) is 4.79 Å². The molecule has 0 aliphatic carbocycles. The number of aliphatic carboxylic acids is 1. The van der Waals surface area contributed by atoms with Gasteiger partial charge in [0, 0.05) is 0 Å². The molecule has 0 aliphatic heterocycles. The van der Waals surface area contributed by atoms with Gasteiger partial charge in [0.2, 0.25) is 6.33 Å². The molecule has 7 heteroatoms. The third kappa shape index (κ3) is 1.81. The van der Waals surface area contributed by atoms with Crippen LogP contribution >= 0.6 is 0 Å². The van der Waals surface area contributed by atoms with Crippen LogP contribution in [-0.2, 0) is 4.79 Å². The van der Waals surface area contributed by atoms with E-state index in [4.69, 9.17) is 5.11 Å². The molecule has 13 heavy (non-hydrogen) atoms. The minimum absolute atomic E-state index is 0.354. The third-order valence-corrected chi connectivity index (χ3v) is 1.58. The average Bonchev–Trinajstić information content (AvgIpc) is 2.50. The van der Waals surface area contributed by atoms with Gasteiger partial charge in [-0.05, 0) is 16.8 Å². The number of nitro groups is 1. The van der Waals surface area contributed by atoms with Gasteiger partial charge < -0.3 is 15.2 Å². The summed E-state index contributed by atoms with van der Waals surface area (Å²) in [6, 6.07) is -0.846. The molecule has 0 unspecified atom stereocenters. The number of carbonyl (C=O) groups is 1. The third-order valence-electron chi connectivity index (χ3n) is 1.58. The largest absolute Gasteiger partial charge is 0.480 e. The summed E-state index contributed by atoms with van der Waals surface area (Å²) in [6.07, 6.45) is 2.20. The molecule has 1 aromatic heterocycles. The fourth-order valence-corrected chi connectivity index (χ4v) is 0.759. The first-order valence-corrected chi connectivity index (χ1v) is 3.43. The predicted molar refractivity (Wildman–Crippen MR) is 41.2 cm³/mol. The Balaban J connectivity index is 2.91. The van der Waals surface area contributed by atoms with Crippen LogP contribution in [-0.4, -0.2) is 25.6 Å². The van der Waals surface area contributed by atoms with Gasteiger partial charge >= 0.3 is 11.8 Å². The molecule has 1 aromatic rings. The number of hydrogen-bond donors (Lipinski definition) is 1. The lowest BCUT2D eigenvalue weighted by Gasteiger charge is -2.03. The zero-order valence-corrected chi connectivity index (χ0v) is 6.75. The van der Waals surface area contributed by atoms with E-state index in [1.807, 2.05) is 0 Å². The highest BCUT2D eigenvalue weighted by Gasteiger charge is 2.18. The molecule has 0 aliphatic rings. The van der Waals surface area contributed by atoms with Gasteiger partial charge in [0.15, 0.2) is 0 Å². The maximum Gasteiger partial charge on any atom is 0.381 e. The molecular formula is C6H7N3O4. The summed E-state index contributed by atoms with van der Waals surface area (Å²) in [5.74, 6) is -1.42. The van der Waals surface area contributed by atoms with E-state index in [2.05, 4.69) is 4.98 Å². The van der Waals surface area contributed by atoms with Gasteiger partial charge in [0.25, 0.3) is 0 Å². The van der Waals surface area contributed by atoms with E-state index in [0.29, 0.717) is 0 Å². The fraction of sp³-hybridized carbons (Fsp3) is 0.333. The van der Waals surface area contributed by atoms with Crippen LogP contribution in [0.4, 0.5) is 5.82 Å². The molecule has 1 heterocycles. The summed E-state index contributed by atoms with van der Waals surface area (Å²) >= 11 is 0. The van der Waals surface area contributed by atoms with Gasteiger partial charge in [-0.2, -0.15) is 0 Å². The summed E-state index contributed by atoms with van der Waals surface area (Å²) < 4.78 is 1.17. The molecule has 0 spiro atoms. The smallest absolute Gasteiger partial charge is 0.381 e. The Morgan fingerprint density at radius 3 is 2.85 bits per heavy atom. The number of rotatable bonds is 3. The van der Waals surface area contributed by atoms with Crippen molar-refractivity contribution in [1.82, 2.24) is 9.55 Å². The molecule has 0 amide bonds. The first-order valence-electron chi connectivity index (χ1n) is 3.43. The number of carboxylic acid groups (broad SMARTS) is 1. The first-order chi connectivity index (χ1) is 6.02. The zero-order valence-electron chi connectivity index (χ0n) is 6.75. The SMILES string of the molecule is C[C@@H](C(=O)O)n1cnc([N+](=O)[O-])c1. The number of imidazole rings is 1. The Morgan fingerprint density at radius 2 is 2.46 bits per heavy atom. The number of hydrogen-bond acceptors (Lipinski definition) is 4. The van der Waals surface area contributed by atoms with E-state index in [0.717, 1.165) is 12.5 Å². The molecule has 0 bridgehead atoms. The summed E-state index contributed by atoms with van der Waals surface area (Å²) in [7, 11) is 0. The van der Waals surface area contributed by atoms with Crippen LogP contribution in [0.5, 0.6) is 0 Å². The van der Waals surface area contributed by atoms with Crippen molar-refractivity contribution in [1.29, 1.82) is 0 Å². The molecule has 1 rings (SSSR count). The predicted octanol–water partition coefficient (Wildman–Crippen LogP) is 0.437. The van der Waals surface area contributed by atoms with Crippen LogP contribution in [0.15, 0.2) is 12.5 Å². The van der Waals surface area contributed by atoms with Crippen molar-refractivity contribution >= 4 is 11.8 Å². The minimum Gasteiger partial charge on any atom is -0.480 e. The number of carboxylic acids is 1. The summed E-state index contributed by atoms with van der Waals surface area (Å²) in [5.41, 5.74) is 0. The average molecular weight is 185 g/mol. The second-order valence-electron chi connectivity index (χ2n) is 2.45. The van der Waals surface area contributed by atoms with Crippen molar-refractivity contribution in [3.8, 4) is 0 Å². The van der Waals surface area contributed by atoms with Crippen LogP contribution in [0.2, 0.25) is 0 Å². The molecule has 0 aromatic carbocycles. The van der Waals surface area contributed by atoms with Crippen molar-refractivity contribution in [3.05, 3.63) is 22.6 Å². The molecule has 0 saturated heterocycles. The maximum atomic E-state index is 10.5. The second-order valence-corrected chi connectivity index (χ2v) is 2.45. The molecule has 1 atom stereocenters. The van der Waals surface area contributed by atoms with E-state index in [-0.39, 0.29) is 5.82 Å². The highest BCUT2D eigenvalue weighted by Crippen LogP contribution is 2.11. The van der Waals surface area contributed by atoms with Gasteiger partial charge in [-0.3, -0.25) is 4.57 Å². The lowest BCUT2D eigenvalue weighted by molar-refractivity contribution is -0.389. The lowest BCUT2D eigenvalue weighted by atomic mass is 10.3. The Morgan fingerprint density at radius 1 is 1.85 bits per heavy atom. The highest BCUT2D eigenvalue weighted by atomic mass is 16.6. The highest BCUT2D eigenvalue weighted by molar-refractivity contribution is 5.71. The Kier molecular flexibility index (Phi) is 2.27. The van der Waals surface area contributed by atoms with Crippen molar-refractivity contribution in [3.63, 3.8) is 0 Å². The standard InChI is InChI=1S/C6H7N3O4/c1-4(6(10)11)8-2-5(7-3-8)9(12)13/h2-4H,1H3,(H,10,11)/t4-/m0/s1. The minimum atomic E-state index is -1.06. The summed E-state index contributed by atoms with van der Waals surface area (Å²) in [6.45, 7) is 1.41. The number of aromatic nitrogens is 2. The van der Waals surface area contributed by atoms with Crippen LogP contribution < -0.4 is 0 Å². The molecular weight excluding hydrogens is 178 g/mol. The van der Waals surface area contributed by atoms with Gasteiger partial charge in [-0.15, -0.1) is 0 Å². The van der Waals surface area contributed by atoms with Crippen LogP contribution in [0.25, 0.3) is 0 Å². The fourth-order valence-electron chi connectivity index (χ4n) is 0.759. The topological polar surface area (TPSA) is 98.3 Å². The molecule has 7 nitrogen and oxygen atoms in total. The van der Waals surface area contributed by atoms with E-state index >= 15 is 0 Å². The normalized spacial score (nSPS) is 12.4. The maximum absolute atomic E-state index is 10.5. The van der Waals surface area contributed by atoms with Gasteiger partial charge in [0.05, 0.1) is 0 Å². The molecule has 0 radical (unpaired) electrons. The van der Waals surface area contributed by atoms with Crippen LogP contribution in [0.1, 0.15) is 13.0 Å². The molecule has 0 saturated carbocycles. The summed E-state index contributed by atoms with van der Waals surface area (Å²) in [5, 5.41) is 18.8. The second kappa shape index (κ2) is 3.21. The van der Waals surface area contributed by atoms with Crippen molar-refractivity contribution in [2.75, 3.05) is 0 Å². The quantitative estimate of drug-likeness (QED) is 0.544. The Bertz CT molecular complexity index is 345. The number of nitrogens with zero attached hydrogens (tertiary/aromatic N) is 3. The van der Waals surface area contributed by atoms with E-state index in [9.17, 15) is 14.9 Å². The van der Waals surface area contributed by atoms with E-state index in [1.165, 1.54) is 11.5 Å². The van der Waals surface area contributed by atoms with Gasteiger partial charge in [-0.1, -0.05) is 0 Å². The Labute approximate surface area is 72.8 Å². The zero-order chi connectivity index (χ0) is 10.0. The molecule has 0 fully saturated rings. The van der Waals surface area contributed by atoms with E-state index < -0.39 is 16.9 Å². The van der Waals surface area contributed by atoms with Crippen LogP contribution in [0, 0.1) is 10.1 Å². The lowest BCUT2D eigenvalue weighted by Crippen LogP contribution is -2.13. The van der Waals surface area contributed by atoms with Crippen molar-refractivity contribution in [2.24, 2.45) is 0 Å². The Hall–Kier alpha value is -1.92. The molecule has 1 N–H and O–H groups in total. The van der Waals surface area contributed by atoms with Crippen molar-refractivity contribution in [2.45, 2.75) is 13.0 Å². The van der Waals surface area contributed by atoms with Crippen LogP contribution in [0.3, 0.4) is 0 Å². The van der Waals surface area contributed by atoms with E-state index in [1.54, 1.807) is 0 Å². The van der Waals surface area contributed by atoms with Gasteiger partial charge in [0.1, 0.15) is 12.2 Å². The first kappa shape index (κ1) is 9.17. The summed E-state index contributed by atoms with van der Waals surface area (Å²) in [4.78, 5) is 23.4.